The van der Waals surface area contributed by atoms with Crippen LogP contribution in [0.4, 0.5) is 15.9 Å². The van der Waals surface area contributed by atoms with Crippen molar-refractivity contribution in [3.8, 4) is 17.0 Å². The first-order valence-electron chi connectivity index (χ1n) is 9.72. The molecule has 0 spiro atoms. The molecule has 5 rings (SSSR count). The topological polar surface area (TPSA) is 78.6 Å². The lowest BCUT2D eigenvalue weighted by atomic mass is 10.1. The van der Waals surface area contributed by atoms with Crippen molar-refractivity contribution < 1.29 is 9.50 Å². The van der Waals surface area contributed by atoms with Gasteiger partial charge in [0.25, 0.3) is 0 Å². The minimum absolute atomic E-state index is 0.151. The molecule has 0 unspecified atom stereocenters. The maximum atomic E-state index is 13.8. The number of aromatic hydroxyl groups is 1. The molecule has 0 amide bonds. The normalized spacial score (nSPS) is 15.4. The molecule has 7 nitrogen and oxygen atoms in total. The molecule has 0 aliphatic heterocycles. The molecule has 0 bridgehead atoms. The molecule has 4 aromatic rings. The van der Waals surface area contributed by atoms with Gasteiger partial charge in [0.15, 0.2) is 5.65 Å². The van der Waals surface area contributed by atoms with Crippen molar-refractivity contribution >= 4 is 17.2 Å². The van der Waals surface area contributed by atoms with Crippen LogP contribution in [-0.2, 0) is 12.8 Å². The number of hydrogen-bond donors (Lipinski definition) is 2. The highest BCUT2D eigenvalue weighted by Crippen LogP contribution is 2.30. The predicted molar refractivity (Wildman–Crippen MR) is 113 cm³/mol. The maximum absolute atomic E-state index is 13.8. The third-order valence-corrected chi connectivity index (χ3v) is 5.41. The SMILES string of the molecule is CN(C)c1cnn2c(N[C@H]3Cc4ccc(O)cc4C3)cc(-c3cncc(F)c3)nc12. The van der Waals surface area contributed by atoms with Gasteiger partial charge in [-0.15, -0.1) is 0 Å². The lowest BCUT2D eigenvalue weighted by Crippen LogP contribution is -2.21. The highest BCUT2D eigenvalue weighted by atomic mass is 19.1. The number of phenols is 1. The molecular formula is C22H21FN6O. The van der Waals surface area contributed by atoms with Crippen LogP contribution in [0.3, 0.4) is 0 Å². The highest BCUT2D eigenvalue weighted by Gasteiger charge is 2.23. The van der Waals surface area contributed by atoms with Crippen LogP contribution in [0.5, 0.6) is 5.75 Å². The average Bonchev–Trinajstić information content (AvgIpc) is 3.31. The van der Waals surface area contributed by atoms with Crippen molar-refractivity contribution in [2.24, 2.45) is 0 Å². The second-order valence-corrected chi connectivity index (χ2v) is 7.78. The van der Waals surface area contributed by atoms with Crippen LogP contribution in [0.1, 0.15) is 11.1 Å². The summed E-state index contributed by atoms with van der Waals surface area (Å²) in [6.07, 6.45) is 6.19. The minimum Gasteiger partial charge on any atom is -0.508 e. The fourth-order valence-electron chi connectivity index (χ4n) is 3.99. The van der Waals surface area contributed by atoms with Crippen molar-refractivity contribution in [3.05, 3.63) is 65.9 Å². The molecule has 1 aliphatic carbocycles. The summed E-state index contributed by atoms with van der Waals surface area (Å²) in [5.74, 6) is 0.648. The second-order valence-electron chi connectivity index (χ2n) is 7.78. The van der Waals surface area contributed by atoms with E-state index in [0.29, 0.717) is 16.9 Å². The lowest BCUT2D eigenvalue weighted by molar-refractivity contribution is 0.474. The molecule has 2 N–H and O–H groups in total. The Kier molecular flexibility index (Phi) is 4.27. The van der Waals surface area contributed by atoms with E-state index in [-0.39, 0.29) is 11.8 Å². The molecule has 3 aromatic heterocycles. The molecule has 0 radical (unpaired) electrons. The monoisotopic (exact) mass is 404 g/mol. The van der Waals surface area contributed by atoms with Gasteiger partial charge in [0.1, 0.15) is 23.1 Å². The van der Waals surface area contributed by atoms with Crippen molar-refractivity contribution in [2.75, 3.05) is 24.3 Å². The van der Waals surface area contributed by atoms with Gasteiger partial charge in [0.2, 0.25) is 0 Å². The number of anilines is 2. The van der Waals surface area contributed by atoms with Crippen molar-refractivity contribution in [2.45, 2.75) is 18.9 Å². The van der Waals surface area contributed by atoms with Gasteiger partial charge in [-0.1, -0.05) is 6.07 Å². The Morgan fingerprint density at radius 3 is 2.73 bits per heavy atom. The molecule has 0 saturated carbocycles. The molecule has 1 aliphatic rings. The molecule has 3 heterocycles. The van der Waals surface area contributed by atoms with Crippen molar-refractivity contribution in [3.63, 3.8) is 0 Å². The molecule has 1 aromatic carbocycles. The zero-order valence-corrected chi connectivity index (χ0v) is 16.7. The Balaban J connectivity index is 1.57. The predicted octanol–water partition coefficient (Wildman–Crippen LogP) is 3.28. The summed E-state index contributed by atoms with van der Waals surface area (Å²) in [7, 11) is 3.87. The van der Waals surface area contributed by atoms with Crippen LogP contribution in [-0.4, -0.2) is 44.8 Å². The summed E-state index contributed by atoms with van der Waals surface area (Å²) < 4.78 is 15.5. The van der Waals surface area contributed by atoms with Gasteiger partial charge in [0, 0.05) is 38.0 Å². The van der Waals surface area contributed by atoms with E-state index in [9.17, 15) is 9.50 Å². The fourth-order valence-corrected chi connectivity index (χ4v) is 3.99. The van der Waals surface area contributed by atoms with Gasteiger partial charge >= 0.3 is 0 Å². The molecule has 30 heavy (non-hydrogen) atoms. The summed E-state index contributed by atoms with van der Waals surface area (Å²) in [6.45, 7) is 0. The van der Waals surface area contributed by atoms with E-state index >= 15 is 0 Å². The van der Waals surface area contributed by atoms with E-state index in [1.54, 1.807) is 23.0 Å². The molecule has 152 valence electrons. The lowest BCUT2D eigenvalue weighted by Gasteiger charge is -2.17. The molecule has 8 heteroatoms. The minimum atomic E-state index is -0.406. The number of rotatable bonds is 4. The number of nitrogens with zero attached hydrogens (tertiary/aromatic N) is 5. The van der Waals surface area contributed by atoms with E-state index < -0.39 is 5.82 Å². The summed E-state index contributed by atoms with van der Waals surface area (Å²) in [4.78, 5) is 10.6. The van der Waals surface area contributed by atoms with Gasteiger partial charge in [-0.3, -0.25) is 4.98 Å². The smallest absolute Gasteiger partial charge is 0.181 e. The van der Waals surface area contributed by atoms with E-state index in [1.165, 1.54) is 17.8 Å². The number of aromatic nitrogens is 4. The standard InChI is InChI=1S/C22H21FN6O/c1-28(2)20-12-25-29-21(26-17-6-13-3-4-18(30)8-14(13)7-17)9-19(27-22(20)29)15-5-16(23)11-24-10-15/h3-5,8-12,17,26,30H,6-7H2,1-2H3/t17-/m0/s1. The Labute approximate surface area is 172 Å². The van der Waals surface area contributed by atoms with E-state index in [4.69, 9.17) is 4.98 Å². The average molecular weight is 404 g/mol. The largest absolute Gasteiger partial charge is 0.508 e. The summed E-state index contributed by atoms with van der Waals surface area (Å²) >= 11 is 0. The first-order chi connectivity index (χ1) is 14.5. The van der Waals surface area contributed by atoms with Gasteiger partial charge < -0.3 is 15.3 Å². The van der Waals surface area contributed by atoms with Gasteiger partial charge in [0.05, 0.1) is 18.1 Å². The third-order valence-electron chi connectivity index (χ3n) is 5.41. The van der Waals surface area contributed by atoms with Crippen LogP contribution in [0.25, 0.3) is 16.9 Å². The second kappa shape index (κ2) is 6.98. The van der Waals surface area contributed by atoms with Crippen LogP contribution in [0.2, 0.25) is 0 Å². The Bertz CT molecular complexity index is 1250. The van der Waals surface area contributed by atoms with Crippen molar-refractivity contribution in [1.29, 1.82) is 0 Å². The van der Waals surface area contributed by atoms with Gasteiger partial charge in [-0.05, 0) is 42.2 Å². The number of benzene rings is 1. The highest BCUT2D eigenvalue weighted by molar-refractivity contribution is 5.74. The number of fused-ring (bicyclic) bond motifs is 2. The summed E-state index contributed by atoms with van der Waals surface area (Å²) in [5.41, 5.74) is 5.13. The Morgan fingerprint density at radius 1 is 1.10 bits per heavy atom. The molecule has 0 saturated heterocycles. The fraction of sp³-hybridized carbons (Fsp3) is 0.227. The van der Waals surface area contributed by atoms with Crippen LogP contribution < -0.4 is 10.2 Å². The third kappa shape index (κ3) is 3.20. The Morgan fingerprint density at radius 2 is 1.93 bits per heavy atom. The molecule has 0 fully saturated rings. The van der Waals surface area contributed by atoms with Gasteiger partial charge in [-0.2, -0.15) is 9.61 Å². The van der Waals surface area contributed by atoms with Gasteiger partial charge in [-0.25, -0.2) is 9.37 Å². The van der Waals surface area contributed by atoms with E-state index in [1.807, 2.05) is 37.2 Å². The first kappa shape index (κ1) is 18.4. The van der Waals surface area contributed by atoms with Crippen molar-refractivity contribution in [1.82, 2.24) is 19.6 Å². The Hall–Kier alpha value is -3.68. The molecular weight excluding hydrogens is 383 g/mol. The van der Waals surface area contributed by atoms with E-state index in [2.05, 4.69) is 15.4 Å². The van der Waals surface area contributed by atoms with Crippen LogP contribution in [0, 0.1) is 5.82 Å². The van der Waals surface area contributed by atoms with Crippen LogP contribution >= 0.6 is 0 Å². The summed E-state index contributed by atoms with van der Waals surface area (Å²) in [6, 6.07) is 8.96. The zero-order valence-electron chi connectivity index (χ0n) is 16.7. The first-order valence-corrected chi connectivity index (χ1v) is 9.72. The number of hydrogen-bond acceptors (Lipinski definition) is 6. The summed E-state index contributed by atoms with van der Waals surface area (Å²) in [5, 5.41) is 17.9. The number of halogens is 1. The number of phenolic OH excluding ortho intramolecular Hbond substituents is 1. The quantitative estimate of drug-likeness (QED) is 0.544. The molecule has 1 atom stereocenters. The number of pyridine rings is 1. The maximum Gasteiger partial charge on any atom is 0.181 e. The zero-order chi connectivity index (χ0) is 20.8. The van der Waals surface area contributed by atoms with E-state index in [0.717, 1.165) is 29.9 Å². The van der Waals surface area contributed by atoms with Crippen LogP contribution in [0.15, 0.2) is 48.9 Å². The number of nitrogens with one attached hydrogen (secondary N) is 1.